The van der Waals surface area contributed by atoms with Gasteiger partial charge in [0.2, 0.25) is 0 Å². The number of nitriles is 1. The van der Waals surface area contributed by atoms with Gasteiger partial charge in [-0.1, -0.05) is 0 Å². The summed E-state index contributed by atoms with van der Waals surface area (Å²) in [5, 5.41) is 16.3. The maximum atomic E-state index is 13.8. The Labute approximate surface area is 156 Å². The van der Waals surface area contributed by atoms with Crippen LogP contribution in [0, 0.1) is 11.3 Å². The van der Waals surface area contributed by atoms with Gasteiger partial charge in [0.1, 0.15) is 17.9 Å². The fourth-order valence-corrected chi connectivity index (χ4v) is 4.00. The van der Waals surface area contributed by atoms with Crippen LogP contribution < -0.4 is 10.2 Å². The Morgan fingerprint density at radius 3 is 2.96 bits per heavy atom. The van der Waals surface area contributed by atoms with E-state index in [9.17, 15) is 14.4 Å². The molecule has 1 saturated heterocycles. The molecule has 2 fully saturated rings. The number of morpholine rings is 1. The second-order valence-electron chi connectivity index (χ2n) is 7.25. The molecular weight excluding hydrogens is 349 g/mol. The van der Waals surface area contributed by atoms with Crippen molar-refractivity contribution >= 4 is 17.1 Å². The molecule has 1 aliphatic heterocycles. The first-order valence-electron chi connectivity index (χ1n) is 9.28. The smallest absolute Gasteiger partial charge is 0.251 e. The molecular formula is C19H22FN5O2. The first kappa shape index (κ1) is 17.7. The maximum absolute atomic E-state index is 13.8. The Morgan fingerprint density at radius 1 is 1.37 bits per heavy atom. The van der Waals surface area contributed by atoms with Gasteiger partial charge in [-0.3, -0.25) is 4.79 Å². The van der Waals surface area contributed by atoms with Crippen LogP contribution in [0.5, 0.6) is 0 Å². The van der Waals surface area contributed by atoms with E-state index in [4.69, 9.17) is 4.74 Å². The number of carbonyl (C=O) groups excluding carboxylic acids is 1. The minimum atomic E-state index is -0.976. The van der Waals surface area contributed by atoms with Gasteiger partial charge < -0.3 is 15.0 Å². The summed E-state index contributed by atoms with van der Waals surface area (Å²) >= 11 is 0. The number of aromatic nitrogens is 2. The zero-order valence-electron chi connectivity index (χ0n) is 15.1. The average molecular weight is 371 g/mol. The zero-order chi connectivity index (χ0) is 19.0. The van der Waals surface area contributed by atoms with E-state index >= 15 is 0 Å². The number of rotatable bonds is 3. The van der Waals surface area contributed by atoms with Gasteiger partial charge in [0.25, 0.3) is 5.91 Å². The number of anilines is 1. The molecule has 1 aliphatic carbocycles. The van der Waals surface area contributed by atoms with Crippen LogP contribution in [0.3, 0.4) is 0 Å². The van der Waals surface area contributed by atoms with Gasteiger partial charge in [0.15, 0.2) is 6.10 Å². The fourth-order valence-electron chi connectivity index (χ4n) is 4.00. The van der Waals surface area contributed by atoms with Crippen molar-refractivity contribution in [2.24, 2.45) is 0 Å². The lowest BCUT2D eigenvalue weighted by Crippen LogP contribution is -2.55. The number of amides is 1. The molecule has 1 N–H and O–H groups in total. The predicted octanol–water partition coefficient (Wildman–Crippen LogP) is 1.81. The standard InChI is InChI=1S/C19H22FN5O2/c1-12-10-24(16-6-5-13(9-21)25-17(16)7-8-22-25)11-18(27-12)19(26)23-15-4-2-3-14(15)20/h5-8,12,14-15,18H,2-4,10-11H2,1H3,(H,23,26)/t12-,14-,15?,18-/m1/s1. The van der Waals surface area contributed by atoms with Crippen molar-refractivity contribution in [2.45, 2.75) is 50.6 Å². The number of ether oxygens (including phenoxy) is 1. The Hall–Kier alpha value is -2.66. The van der Waals surface area contributed by atoms with Crippen LogP contribution in [0.2, 0.25) is 0 Å². The lowest BCUT2D eigenvalue weighted by atomic mass is 10.1. The van der Waals surface area contributed by atoms with E-state index in [0.29, 0.717) is 31.6 Å². The lowest BCUT2D eigenvalue weighted by Gasteiger charge is -2.38. The monoisotopic (exact) mass is 371 g/mol. The van der Waals surface area contributed by atoms with Gasteiger partial charge >= 0.3 is 0 Å². The van der Waals surface area contributed by atoms with Crippen LogP contribution in [0.1, 0.15) is 31.9 Å². The molecule has 1 unspecified atom stereocenters. The van der Waals surface area contributed by atoms with Crippen molar-refractivity contribution in [3.8, 4) is 6.07 Å². The third kappa shape index (κ3) is 3.35. The summed E-state index contributed by atoms with van der Waals surface area (Å²) in [5.74, 6) is -0.265. The van der Waals surface area contributed by atoms with E-state index in [0.717, 1.165) is 17.6 Å². The van der Waals surface area contributed by atoms with Gasteiger partial charge in [0, 0.05) is 6.54 Å². The van der Waals surface area contributed by atoms with Gasteiger partial charge in [0.05, 0.1) is 36.1 Å². The highest BCUT2D eigenvalue weighted by atomic mass is 19.1. The quantitative estimate of drug-likeness (QED) is 0.890. The molecule has 2 aromatic rings. The zero-order valence-corrected chi connectivity index (χ0v) is 15.1. The van der Waals surface area contributed by atoms with E-state index < -0.39 is 18.3 Å². The summed E-state index contributed by atoms with van der Waals surface area (Å²) in [6.07, 6.45) is 1.82. The molecule has 0 radical (unpaired) electrons. The van der Waals surface area contributed by atoms with Crippen LogP contribution in [-0.2, 0) is 9.53 Å². The third-order valence-electron chi connectivity index (χ3n) is 5.30. The highest BCUT2D eigenvalue weighted by molar-refractivity contribution is 5.83. The predicted molar refractivity (Wildman–Crippen MR) is 97.1 cm³/mol. The molecule has 0 bridgehead atoms. The maximum Gasteiger partial charge on any atom is 0.251 e. The Balaban J connectivity index is 1.55. The molecule has 0 spiro atoms. The van der Waals surface area contributed by atoms with Gasteiger partial charge in [-0.2, -0.15) is 10.4 Å². The van der Waals surface area contributed by atoms with Crippen LogP contribution >= 0.6 is 0 Å². The van der Waals surface area contributed by atoms with Crippen molar-refractivity contribution in [1.82, 2.24) is 14.9 Å². The summed E-state index contributed by atoms with van der Waals surface area (Å²) in [6, 6.07) is 7.15. The molecule has 3 heterocycles. The van der Waals surface area contributed by atoms with Crippen LogP contribution in [0.4, 0.5) is 10.1 Å². The van der Waals surface area contributed by atoms with Gasteiger partial charge in [-0.25, -0.2) is 8.91 Å². The first-order chi connectivity index (χ1) is 13.1. The number of fused-ring (bicyclic) bond motifs is 1. The Bertz CT molecular complexity index is 892. The van der Waals surface area contributed by atoms with Crippen molar-refractivity contribution in [3.63, 3.8) is 0 Å². The lowest BCUT2D eigenvalue weighted by molar-refractivity contribution is -0.138. The minimum absolute atomic E-state index is 0.155. The molecule has 2 aliphatic rings. The first-order valence-corrected chi connectivity index (χ1v) is 9.28. The molecule has 1 saturated carbocycles. The summed E-state index contributed by atoms with van der Waals surface area (Å²) in [7, 11) is 0. The molecule has 2 aromatic heterocycles. The number of hydrogen-bond donors (Lipinski definition) is 1. The highest BCUT2D eigenvalue weighted by Crippen LogP contribution is 2.27. The third-order valence-corrected chi connectivity index (χ3v) is 5.30. The van der Waals surface area contributed by atoms with Crippen molar-refractivity contribution in [2.75, 3.05) is 18.0 Å². The number of alkyl halides is 1. The summed E-state index contributed by atoms with van der Waals surface area (Å²) in [5.41, 5.74) is 2.15. The fraction of sp³-hybridized carbons (Fsp3) is 0.526. The molecule has 8 heteroatoms. The SMILES string of the molecule is C[C@@H]1CN(c2ccc(C#N)n3nccc23)C[C@H](C(=O)NC2CCC[C@H]2F)O1. The van der Waals surface area contributed by atoms with Gasteiger partial charge in [-0.05, 0) is 44.4 Å². The van der Waals surface area contributed by atoms with E-state index in [1.165, 1.54) is 0 Å². The molecule has 4 rings (SSSR count). The molecule has 0 aromatic carbocycles. The van der Waals surface area contributed by atoms with Crippen molar-refractivity contribution in [3.05, 3.63) is 30.1 Å². The molecule has 1 amide bonds. The molecule has 7 nitrogen and oxygen atoms in total. The number of halogens is 1. The Kier molecular flexibility index (Phi) is 4.70. The second kappa shape index (κ2) is 7.16. The van der Waals surface area contributed by atoms with Gasteiger partial charge in [-0.15, -0.1) is 0 Å². The molecule has 142 valence electrons. The topological polar surface area (TPSA) is 82.7 Å². The van der Waals surface area contributed by atoms with E-state index in [1.54, 1.807) is 16.8 Å². The summed E-state index contributed by atoms with van der Waals surface area (Å²) < 4.78 is 21.3. The number of hydrogen-bond acceptors (Lipinski definition) is 5. The molecule has 27 heavy (non-hydrogen) atoms. The normalized spacial score (nSPS) is 28.3. The molecule has 4 atom stereocenters. The minimum Gasteiger partial charge on any atom is -0.364 e. The summed E-state index contributed by atoms with van der Waals surface area (Å²) in [6.45, 7) is 2.90. The van der Waals surface area contributed by atoms with Crippen molar-refractivity contribution in [1.29, 1.82) is 5.26 Å². The van der Waals surface area contributed by atoms with Crippen molar-refractivity contribution < 1.29 is 13.9 Å². The summed E-state index contributed by atoms with van der Waals surface area (Å²) in [4.78, 5) is 14.7. The largest absolute Gasteiger partial charge is 0.364 e. The number of nitrogens with zero attached hydrogens (tertiary/aromatic N) is 4. The van der Waals surface area contributed by atoms with Crippen LogP contribution in [-0.4, -0.2) is 53.0 Å². The number of pyridine rings is 1. The van der Waals surface area contributed by atoms with Crippen LogP contribution in [0.25, 0.3) is 5.52 Å². The van der Waals surface area contributed by atoms with Crippen LogP contribution in [0.15, 0.2) is 24.4 Å². The van der Waals surface area contributed by atoms with E-state index in [2.05, 4.69) is 21.4 Å². The highest BCUT2D eigenvalue weighted by Gasteiger charge is 2.35. The average Bonchev–Trinajstić information content (AvgIpc) is 3.30. The number of carbonyl (C=O) groups is 1. The second-order valence-corrected chi connectivity index (χ2v) is 7.25. The number of nitrogens with one attached hydrogen (secondary N) is 1. The van der Waals surface area contributed by atoms with E-state index in [-0.39, 0.29) is 12.0 Å². The Morgan fingerprint density at radius 2 is 2.22 bits per heavy atom. The van der Waals surface area contributed by atoms with E-state index in [1.807, 2.05) is 19.1 Å².